The van der Waals surface area contributed by atoms with Gasteiger partial charge in [0.1, 0.15) is 0 Å². The van der Waals surface area contributed by atoms with Crippen molar-refractivity contribution in [3.8, 4) is 10.4 Å². The van der Waals surface area contributed by atoms with Crippen LogP contribution in [0.5, 0.6) is 0 Å². The number of aryl methyl sites for hydroxylation is 1. The van der Waals surface area contributed by atoms with E-state index in [4.69, 9.17) is 0 Å². The van der Waals surface area contributed by atoms with Crippen LogP contribution in [0.3, 0.4) is 0 Å². The molecule has 0 fully saturated rings. The second-order valence-corrected chi connectivity index (χ2v) is 7.23. The number of amides is 1. The molecule has 6 nitrogen and oxygen atoms in total. The van der Waals surface area contributed by atoms with Gasteiger partial charge in [-0.3, -0.25) is 4.79 Å². The Morgan fingerprint density at radius 2 is 2.05 bits per heavy atom. The monoisotopic (exact) mass is 311 g/mol. The number of nitrogens with zero attached hydrogens (tertiary/aromatic N) is 2. The minimum atomic E-state index is -3.30. The summed E-state index contributed by atoms with van der Waals surface area (Å²) in [5.74, 6) is -0.184. The van der Waals surface area contributed by atoms with Crippen molar-refractivity contribution < 1.29 is 13.2 Å². The maximum Gasteiger partial charge on any atom is 0.223 e. The fourth-order valence-electron chi connectivity index (χ4n) is 1.60. The van der Waals surface area contributed by atoms with Gasteiger partial charge < -0.3 is 5.32 Å². The Hall–Kier alpha value is -1.80. The van der Waals surface area contributed by atoms with Gasteiger partial charge >= 0.3 is 0 Å². The molecule has 1 amide bonds. The summed E-state index contributed by atoms with van der Waals surface area (Å²) in [4.78, 5) is 20.0. The summed E-state index contributed by atoms with van der Waals surface area (Å²) < 4.78 is 22.7. The Bertz CT molecular complexity index is 749. The predicted molar refractivity (Wildman–Crippen MR) is 77.5 cm³/mol. The van der Waals surface area contributed by atoms with E-state index in [0.717, 1.165) is 22.4 Å². The summed E-state index contributed by atoms with van der Waals surface area (Å²) in [6.45, 7) is 3.24. The van der Waals surface area contributed by atoms with Gasteiger partial charge in [-0.25, -0.2) is 18.4 Å². The molecule has 0 aliphatic carbocycles. The first-order valence-corrected chi connectivity index (χ1v) is 8.39. The van der Waals surface area contributed by atoms with E-state index in [9.17, 15) is 13.2 Å². The quantitative estimate of drug-likeness (QED) is 0.934. The van der Waals surface area contributed by atoms with Crippen LogP contribution in [0.2, 0.25) is 0 Å². The number of carbonyl (C=O) groups excluding carboxylic acids is 1. The lowest BCUT2D eigenvalue weighted by atomic mass is 10.2. The number of pyridine rings is 1. The second kappa shape index (κ2) is 5.29. The van der Waals surface area contributed by atoms with Crippen LogP contribution in [-0.2, 0) is 14.6 Å². The molecular formula is C12H13N3O3S2. The summed E-state index contributed by atoms with van der Waals surface area (Å²) >= 11 is 1.32. The Morgan fingerprint density at radius 1 is 1.35 bits per heavy atom. The molecule has 0 unspecified atom stereocenters. The normalized spacial score (nSPS) is 11.3. The van der Waals surface area contributed by atoms with Crippen molar-refractivity contribution in [3.05, 3.63) is 24.0 Å². The molecule has 20 heavy (non-hydrogen) atoms. The summed E-state index contributed by atoms with van der Waals surface area (Å²) in [6.07, 6.45) is 2.61. The van der Waals surface area contributed by atoms with Gasteiger partial charge in [-0.05, 0) is 19.1 Å². The number of thiazole rings is 1. The van der Waals surface area contributed by atoms with Crippen LogP contribution in [-0.4, -0.2) is 30.5 Å². The third kappa shape index (κ3) is 3.20. The number of aromatic nitrogens is 2. The molecule has 0 aromatic carbocycles. The van der Waals surface area contributed by atoms with E-state index in [2.05, 4.69) is 15.3 Å². The number of hydrogen-bond acceptors (Lipinski definition) is 6. The Labute approximate surface area is 120 Å². The van der Waals surface area contributed by atoms with Crippen molar-refractivity contribution in [1.29, 1.82) is 0 Å². The highest BCUT2D eigenvalue weighted by Gasteiger charge is 2.13. The van der Waals surface area contributed by atoms with Crippen LogP contribution in [0.1, 0.15) is 12.6 Å². The predicted octanol–water partition coefficient (Wildman–Crippen LogP) is 1.88. The lowest BCUT2D eigenvalue weighted by molar-refractivity contribution is -0.114. The third-order valence-corrected chi connectivity index (χ3v) is 4.58. The molecular weight excluding hydrogens is 298 g/mol. The van der Waals surface area contributed by atoms with Gasteiger partial charge in [0.2, 0.25) is 5.91 Å². The molecule has 0 spiro atoms. The molecule has 1 N–H and O–H groups in total. The smallest absolute Gasteiger partial charge is 0.223 e. The Morgan fingerprint density at radius 3 is 2.55 bits per heavy atom. The molecule has 0 radical (unpaired) electrons. The van der Waals surface area contributed by atoms with Gasteiger partial charge in [-0.1, -0.05) is 11.3 Å². The molecule has 2 aromatic heterocycles. The van der Waals surface area contributed by atoms with Crippen LogP contribution < -0.4 is 5.32 Å². The van der Waals surface area contributed by atoms with E-state index in [1.165, 1.54) is 30.5 Å². The molecule has 0 aliphatic heterocycles. The minimum Gasteiger partial charge on any atom is -0.302 e. The summed E-state index contributed by atoms with van der Waals surface area (Å²) in [5, 5.41) is 3.17. The summed E-state index contributed by atoms with van der Waals surface area (Å²) in [6, 6.07) is 3.14. The zero-order valence-electron chi connectivity index (χ0n) is 11.2. The first-order chi connectivity index (χ1) is 9.27. The second-order valence-electron chi connectivity index (χ2n) is 4.27. The van der Waals surface area contributed by atoms with E-state index < -0.39 is 9.84 Å². The zero-order valence-corrected chi connectivity index (χ0v) is 12.8. The fraction of sp³-hybridized carbons (Fsp3) is 0.250. The highest BCUT2D eigenvalue weighted by atomic mass is 32.2. The van der Waals surface area contributed by atoms with E-state index in [-0.39, 0.29) is 10.9 Å². The van der Waals surface area contributed by atoms with Crippen molar-refractivity contribution in [2.45, 2.75) is 18.9 Å². The largest absolute Gasteiger partial charge is 0.302 e. The van der Waals surface area contributed by atoms with Gasteiger partial charge in [0.15, 0.2) is 20.0 Å². The van der Waals surface area contributed by atoms with E-state index in [1.54, 1.807) is 6.07 Å². The summed E-state index contributed by atoms with van der Waals surface area (Å²) in [5.41, 5.74) is 1.52. The van der Waals surface area contributed by atoms with Crippen molar-refractivity contribution in [3.63, 3.8) is 0 Å². The maximum absolute atomic E-state index is 11.4. The molecule has 8 heteroatoms. The van der Waals surface area contributed by atoms with Crippen molar-refractivity contribution in [2.24, 2.45) is 0 Å². The molecule has 2 rings (SSSR count). The summed E-state index contributed by atoms with van der Waals surface area (Å²) in [7, 11) is -3.30. The van der Waals surface area contributed by atoms with Crippen molar-refractivity contribution >= 4 is 32.2 Å². The van der Waals surface area contributed by atoms with Gasteiger partial charge in [0.05, 0.1) is 10.6 Å². The maximum atomic E-state index is 11.4. The van der Waals surface area contributed by atoms with Crippen LogP contribution >= 0.6 is 11.3 Å². The van der Waals surface area contributed by atoms with Gasteiger partial charge in [0.25, 0.3) is 0 Å². The van der Waals surface area contributed by atoms with Gasteiger partial charge in [0, 0.05) is 24.9 Å². The molecule has 0 aliphatic rings. The Balaban J connectivity index is 2.37. The average molecular weight is 311 g/mol. The zero-order chi connectivity index (χ0) is 14.9. The van der Waals surface area contributed by atoms with E-state index in [1.807, 2.05) is 6.92 Å². The topological polar surface area (TPSA) is 89.0 Å². The first kappa shape index (κ1) is 14.6. The highest BCUT2D eigenvalue weighted by molar-refractivity contribution is 7.90. The van der Waals surface area contributed by atoms with Gasteiger partial charge in [-0.2, -0.15) is 0 Å². The molecule has 0 atom stereocenters. The molecule has 2 heterocycles. The van der Waals surface area contributed by atoms with E-state index >= 15 is 0 Å². The van der Waals surface area contributed by atoms with Crippen LogP contribution in [0.15, 0.2) is 23.4 Å². The standard InChI is InChI=1S/C12H13N3O3S2/c1-7-11(19-12(14-7)15-8(2)16)9-4-5-10(13-6-9)20(3,17)18/h4-6H,1-3H3,(H,14,15,16). The fourth-order valence-corrected chi connectivity index (χ4v) is 3.16. The number of sulfone groups is 1. The average Bonchev–Trinajstić information content (AvgIpc) is 2.68. The highest BCUT2D eigenvalue weighted by Crippen LogP contribution is 2.32. The number of rotatable bonds is 3. The van der Waals surface area contributed by atoms with Crippen LogP contribution in [0, 0.1) is 6.92 Å². The first-order valence-electron chi connectivity index (χ1n) is 5.69. The van der Waals surface area contributed by atoms with Crippen molar-refractivity contribution in [1.82, 2.24) is 9.97 Å². The van der Waals surface area contributed by atoms with Crippen molar-refractivity contribution in [2.75, 3.05) is 11.6 Å². The van der Waals surface area contributed by atoms with E-state index in [0.29, 0.717) is 5.13 Å². The lowest BCUT2D eigenvalue weighted by Gasteiger charge is -2.00. The molecule has 0 saturated carbocycles. The number of carbonyl (C=O) groups is 1. The number of hydrogen-bond donors (Lipinski definition) is 1. The molecule has 106 valence electrons. The minimum absolute atomic E-state index is 0.0329. The Kier molecular flexibility index (Phi) is 3.87. The number of nitrogens with one attached hydrogen (secondary N) is 1. The third-order valence-electron chi connectivity index (χ3n) is 2.46. The van der Waals surface area contributed by atoms with Crippen LogP contribution in [0.4, 0.5) is 5.13 Å². The molecule has 2 aromatic rings. The van der Waals surface area contributed by atoms with Gasteiger partial charge in [-0.15, -0.1) is 0 Å². The SMILES string of the molecule is CC(=O)Nc1nc(C)c(-c2ccc(S(C)(=O)=O)nc2)s1. The van der Waals surface area contributed by atoms with Crippen LogP contribution in [0.25, 0.3) is 10.4 Å². The number of anilines is 1. The molecule has 0 saturated heterocycles. The lowest BCUT2D eigenvalue weighted by Crippen LogP contribution is -2.04. The molecule has 0 bridgehead atoms.